The summed E-state index contributed by atoms with van der Waals surface area (Å²) in [5, 5.41) is 4.27. The van der Waals surface area contributed by atoms with Gasteiger partial charge in [0.25, 0.3) is 5.91 Å². The van der Waals surface area contributed by atoms with Crippen LogP contribution < -0.4 is 4.90 Å². The number of aryl methyl sites for hydroxylation is 1. The van der Waals surface area contributed by atoms with Crippen LogP contribution in [0, 0.1) is 0 Å². The third kappa shape index (κ3) is 4.30. The maximum absolute atomic E-state index is 13.1. The number of rotatable bonds is 5. The van der Waals surface area contributed by atoms with Gasteiger partial charge in [-0.15, -0.1) is 0 Å². The molecule has 2 aromatic rings. The van der Waals surface area contributed by atoms with Crippen LogP contribution in [0.4, 0.5) is 5.82 Å². The molecule has 2 aliphatic heterocycles. The summed E-state index contributed by atoms with van der Waals surface area (Å²) in [5.41, 5.74) is 0.679. The fourth-order valence-corrected chi connectivity index (χ4v) is 3.94. The Hall–Kier alpha value is -2.41. The number of carbonyl (C=O) groups is 1. The van der Waals surface area contributed by atoms with E-state index in [1.54, 1.807) is 12.4 Å². The second-order valence-electron chi connectivity index (χ2n) is 7.21. The van der Waals surface area contributed by atoms with Crippen molar-refractivity contribution in [2.24, 2.45) is 0 Å². The van der Waals surface area contributed by atoms with Crippen molar-refractivity contribution in [1.82, 2.24) is 19.7 Å². The first kappa shape index (κ1) is 18.0. The fourth-order valence-electron chi connectivity index (χ4n) is 3.94. The van der Waals surface area contributed by atoms with Gasteiger partial charge in [-0.25, -0.2) is 4.98 Å². The molecule has 7 nitrogen and oxygen atoms in total. The van der Waals surface area contributed by atoms with Gasteiger partial charge in [-0.05, 0) is 43.9 Å². The lowest BCUT2D eigenvalue weighted by molar-refractivity contribution is 0.0593. The van der Waals surface area contributed by atoms with Gasteiger partial charge in [-0.1, -0.05) is 0 Å². The summed E-state index contributed by atoms with van der Waals surface area (Å²) in [6.07, 6.45) is 9.76. The predicted octanol–water partition coefficient (Wildman–Crippen LogP) is 2.20. The van der Waals surface area contributed by atoms with Crippen molar-refractivity contribution < 1.29 is 9.53 Å². The summed E-state index contributed by atoms with van der Waals surface area (Å²) in [4.78, 5) is 21.9. The first-order valence-corrected chi connectivity index (χ1v) is 9.88. The Bertz CT molecular complexity index is 725. The maximum Gasteiger partial charge on any atom is 0.255 e. The highest BCUT2D eigenvalue weighted by atomic mass is 16.5. The Morgan fingerprint density at radius 2 is 2.07 bits per heavy atom. The summed E-state index contributed by atoms with van der Waals surface area (Å²) >= 11 is 0. The van der Waals surface area contributed by atoms with Crippen molar-refractivity contribution in [2.75, 3.05) is 37.7 Å². The molecule has 2 saturated heterocycles. The smallest absolute Gasteiger partial charge is 0.255 e. The van der Waals surface area contributed by atoms with Crippen LogP contribution in [0.2, 0.25) is 0 Å². The molecule has 27 heavy (non-hydrogen) atoms. The second-order valence-corrected chi connectivity index (χ2v) is 7.21. The zero-order valence-electron chi connectivity index (χ0n) is 15.7. The SMILES string of the molecule is O=C(c1ccc(N2CCOCC2)nc1)N1CCCC[C@@H]1CCn1cccn1. The monoisotopic (exact) mass is 369 g/mol. The average molecular weight is 369 g/mol. The number of piperidine rings is 1. The van der Waals surface area contributed by atoms with Crippen LogP contribution in [0.15, 0.2) is 36.8 Å². The van der Waals surface area contributed by atoms with Gasteiger partial charge in [0, 0.05) is 50.8 Å². The lowest BCUT2D eigenvalue weighted by Crippen LogP contribution is -2.44. The number of likely N-dealkylation sites (tertiary alicyclic amines) is 1. The normalized spacial score (nSPS) is 20.7. The van der Waals surface area contributed by atoms with E-state index >= 15 is 0 Å². The lowest BCUT2D eigenvalue weighted by atomic mass is 9.98. The molecule has 0 aliphatic carbocycles. The van der Waals surface area contributed by atoms with Gasteiger partial charge in [0.1, 0.15) is 5.82 Å². The number of hydrogen-bond donors (Lipinski definition) is 0. The van der Waals surface area contributed by atoms with Crippen LogP contribution in [0.25, 0.3) is 0 Å². The molecule has 1 atom stereocenters. The Labute approximate surface area is 159 Å². The van der Waals surface area contributed by atoms with Gasteiger partial charge in [-0.3, -0.25) is 9.48 Å². The van der Waals surface area contributed by atoms with E-state index in [-0.39, 0.29) is 11.9 Å². The molecular formula is C20H27N5O2. The van der Waals surface area contributed by atoms with E-state index < -0.39 is 0 Å². The largest absolute Gasteiger partial charge is 0.378 e. The van der Waals surface area contributed by atoms with Gasteiger partial charge in [0.15, 0.2) is 0 Å². The molecule has 0 bridgehead atoms. The fraction of sp³-hybridized carbons (Fsp3) is 0.550. The van der Waals surface area contributed by atoms with E-state index in [2.05, 4.69) is 15.0 Å². The number of amides is 1. The molecule has 0 radical (unpaired) electrons. The molecule has 0 saturated carbocycles. The van der Waals surface area contributed by atoms with Crippen molar-refractivity contribution in [3.63, 3.8) is 0 Å². The number of aromatic nitrogens is 3. The Kier molecular flexibility index (Phi) is 5.67. The third-order valence-corrected chi connectivity index (χ3v) is 5.47. The number of carbonyl (C=O) groups excluding carboxylic acids is 1. The molecule has 2 aromatic heterocycles. The molecular weight excluding hydrogens is 342 g/mol. The number of hydrogen-bond acceptors (Lipinski definition) is 5. The van der Waals surface area contributed by atoms with E-state index in [0.29, 0.717) is 5.56 Å². The third-order valence-electron chi connectivity index (χ3n) is 5.47. The number of ether oxygens (including phenoxy) is 1. The molecule has 0 aromatic carbocycles. The summed E-state index contributed by atoms with van der Waals surface area (Å²) in [6, 6.07) is 6.08. The van der Waals surface area contributed by atoms with E-state index in [1.165, 1.54) is 6.42 Å². The summed E-state index contributed by atoms with van der Waals surface area (Å²) in [5.74, 6) is 1.02. The Morgan fingerprint density at radius 1 is 1.19 bits per heavy atom. The van der Waals surface area contributed by atoms with Gasteiger partial charge < -0.3 is 14.5 Å². The molecule has 0 unspecified atom stereocenters. The van der Waals surface area contributed by atoms with Crippen LogP contribution in [0.5, 0.6) is 0 Å². The highest BCUT2D eigenvalue weighted by Gasteiger charge is 2.27. The van der Waals surface area contributed by atoms with Crippen molar-refractivity contribution in [1.29, 1.82) is 0 Å². The van der Waals surface area contributed by atoms with Crippen LogP contribution in [-0.2, 0) is 11.3 Å². The van der Waals surface area contributed by atoms with Gasteiger partial charge in [0.05, 0.1) is 18.8 Å². The van der Waals surface area contributed by atoms with Gasteiger partial charge >= 0.3 is 0 Å². The van der Waals surface area contributed by atoms with Crippen molar-refractivity contribution in [3.8, 4) is 0 Å². The molecule has 0 N–H and O–H groups in total. The van der Waals surface area contributed by atoms with E-state index in [1.807, 2.05) is 34.0 Å². The molecule has 4 heterocycles. The zero-order valence-corrected chi connectivity index (χ0v) is 15.7. The summed E-state index contributed by atoms with van der Waals surface area (Å²) < 4.78 is 7.33. The predicted molar refractivity (Wildman–Crippen MR) is 103 cm³/mol. The number of nitrogens with zero attached hydrogens (tertiary/aromatic N) is 5. The minimum atomic E-state index is 0.0983. The number of anilines is 1. The lowest BCUT2D eigenvalue weighted by Gasteiger charge is -2.36. The molecule has 7 heteroatoms. The minimum Gasteiger partial charge on any atom is -0.378 e. The van der Waals surface area contributed by atoms with Crippen molar-refractivity contribution >= 4 is 11.7 Å². The molecule has 2 aliphatic rings. The zero-order chi connectivity index (χ0) is 18.5. The topological polar surface area (TPSA) is 63.5 Å². The molecule has 4 rings (SSSR count). The van der Waals surface area contributed by atoms with E-state index in [0.717, 1.165) is 64.5 Å². The number of morpholine rings is 1. The first-order chi connectivity index (χ1) is 13.3. The van der Waals surface area contributed by atoms with Crippen molar-refractivity contribution in [2.45, 2.75) is 38.3 Å². The van der Waals surface area contributed by atoms with Gasteiger partial charge in [0.2, 0.25) is 0 Å². The standard InChI is InChI=1S/C20H27N5O2/c26-20(17-5-6-19(21-16-17)23-12-14-27-15-13-23)25-10-2-1-4-18(25)7-11-24-9-3-8-22-24/h3,5-6,8-9,16,18H,1-2,4,7,10-15H2/t18-/m1/s1. The summed E-state index contributed by atoms with van der Waals surface area (Å²) in [6.45, 7) is 4.83. The quantitative estimate of drug-likeness (QED) is 0.808. The average Bonchev–Trinajstić information content (AvgIpc) is 3.26. The van der Waals surface area contributed by atoms with Gasteiger partial charge in [-0.2, -0.15) is 5.10 Å². The van der Waals surface area contributed by atoms with Crippen LogP contribution >= 0.6 is 0 Å². The molecule has 2 fully saturated rings. The van der Waals surface area contributed by atoms with Crippen LogP contribution in [0.1, 0.15) is 36.0 Å². The van der Waals surface area contributed by atoms with Crippen LogP contribution in [-0.4, -0.2) is 64.5 Å². The summed E-state index contributed by atoms with van der Waals surface area (Å²) in [7, 11) is 0. The molecule has 1 amide bonds. The Morgan fingerprint density at radius 3 is 2.81 bits per heavy atom. The second kappa shape index (κ2) is 8.52. The van der Waals surface area contributed by atoms with E-state index in [4.69, 9.17) is 4.74 Å². The first-order valence-electron chi connectivity index (χ1n) is 9.88. The maximum atomic E-state index is 13.1. The molecule has 144 valence electrons. The van der Waals surface area contributed by atoms with E-state index in [9.17, 15) is 4.79 Å². The van der Waals surface area contributed by atoms with Crippen LogP contribution in [0.3, 0.4) is 0 Å². The minimum absolute atomic E-state index is 0.0983. The van der Waals surface area contributed by atoms with Crippen molar-refractivity contribution in [3.05, 3.63) is 42.4 Å². The Balaban J connectivity index is 1.41. The molecule has 0 spiro atoms. The number of pyridine rings is 1. The highest BCUT2D eigenvalue weighted by molar-refractivity contribution is 5.94. The highest BCUT2D eigenvalue weighted by Crippen LogP contribution is 2.23.